The summed E-state index contributed by atoms with van der Waals surface area (Å²) in [6.45, 7) is 3.64. The zero-order valence-corrected chi connectivity index (χ0v) is 10.6. The van der Waals surface area contributed by atoms with Gasteiger partial charge in [-0.05, 0) is 12.1 Å². The van der Waals surface area contributed by atoms with E-state index in [0.717, 1.165) is 4.70 Å². The molecule has 5 nitrogen and oxygen atoms in total. The molecular formula is C12H12N2O3S. The smallest absolute Gasteiger partial charge is 0.340 e. The second-order valence-electron chi connectivity index (χ2n) is 3.46. The first-order valence-electron chi connectivity index (χ1n) is 5.17. The molecule has 0 spiro atoms. The van der Waals surface area contributed by atoms with Gasteiger partial charge in [-0.3, -0.25) is 0 Å². The largest absolute Gasteiger partial charge is 0.497 e. The van der Waals surface area contributed by atoms with Crippen molar-refractivity contribution in [3.8, 4) is 5.75 Å². The maximum atomic E-state index is 11.9. The highest BCUT2D eigenvalue weighted by Gasteiger charge is 2.16. The lowest BCUT2D eigenvalue weighted by atomic mass is 10.2. The average molecular weight is 264 g/mol. The molecule has 0 aliphatic carbocycles. The number of hydrogen-bond donors (Lipinski definition) is 1. The Hall–Kier alpha value is -2.08. The summed E-state index contributed by atoms with van der Waals surface area (Å²) in [7, 11) is 1.53. The lowest BCUT2D eigenvalue weighted by Gasteiger charge is -2.05. The summed E-state index contributed by atoms with van der Waals surface area (Å²) in [6, 6.07) is 3.38. The number of aromatic nitrogens is 1. The molecule has 1 aromatic carbocycles. The molecule has 0 amide bonds. The Kier molecular flexibility index (Phi) is 3.47. The van der Waals surface area contributed by atoms with E-state index < -0.39 is 5.97 Å². The molecule has 0 unspecified atom stereocenters. The molecule has 0 atom stereocenters. The van der Waals surface area contributed by atoms with Crippen molar-refractivity contribution in [2.45, 2.75) is 0 Å². The number of nitrogens with two attached hydrogens (primary N) is 1. The van der Waals surface area contributed by atoms with Crippen molar-refractivity contribution in [1.29, 1.82) is 0 Å². The van der Waals surface area contributed by atoms with Crippen LogP contribution in [0.15, 0.2) is 24.8 Å². The molecule has 0 aliphatic rings. The molecular weight excluding hydrogens is 252 g/mol. The number of fused-ring (bicyclic) bond motifs is 1. The van der Waals surface area contributed by atoms with E-state index in [1.807, 2.05) is 0 Å². The number of carbonyl (C=O) groups excluding carboxylic acids is 1. The zero-order chi connectivity index (χ0) is 13.1. The number of ether oxygens (including phenoxy) is 2. The fourth-order valence-corrected chi connectivity index (χ4v) is 2.30. The van der Waals surface area contributed by atoms with Gasteiger partial charge in [0.25, 0.3) is 0 Å². The Bertz CT molecular complexity index is 607. The minimum absolute atomic E-state index is 0.150. The van der Waals surface area contributed by atoms with Crippen LogP contribution in [-0.4, -0.2) is 24.7 Å². The Balaban J connectivity index is 2.52. The summed E-state index contributed by atoms with van der Waals surface area (Å²) >= 11 is 1.30. The van der Waals surface area contributed by atoms with E-state index >= 15 is 0 Å². The van der Waals surface area contributed by atoms with Gasteiger partial charge in [-0.25, -0.2) is 9.78 Å². The fraction of sp³-hybridized carbons (Fsp3) is 0.167. The van der Waals surface area contributed by atoms with Gasteiger partial charge in [0, 0.05) is 0 Å². The van der Waals surface area contributed by atoms with Crippen molar-refractivity contribution in [2.75, 3.05) is 19.5 Å². The molecule has 1 heterocycles. The van der Waals surface area contributed by atoms with Crippen molar-refractivity contribution in [1.82, 2.24) is 4.98 Å². The van der Waals surface area contributed by atoms with Crippen molar-refractivity contribution in [3.63, 3.8) is 0 Å². The van der Waals surface area contributed by atoms with Gasteiger partial charge in [0.15, 0.2) is 5.13 Å². The van der Waals surface area contributed by atoms with Gasteiger partial charge in [-0.1, -0.05) is 24.0 Å². The van der Waals surface area contributed by atoms with Crippen molar-refractivity contribution >= 4 is 32.7 Å². The van der Waals surface area contributed by atoms with Gasteiger partial charge in [0.1, 0.15) is 12.4 Å². The number of methoxy groups -OCH3 is 1. The standard InChI is InChI=1S/C12H12N2O3S/c1-3-4-17-11(15)8-5-7(16-2)6-9-10(8)14-12(13)18-9/h3,5-6H,1,4H2,2H3,(H2,13,14). The van der Waals surface area contributed by atoms with E-state index in [1.165, 1.54) is 24.5 Å². The number of anilines is 1. The van der Waals surface area contributed by atoms with Crippen molar-refractivity contribution < 1.29 is 14.3 Å². The van der Waals surface area contributed by atoms with Crippen LogP contribution in [0.3, 0.4) is 0 Å². The predicted molar refractivity (Wildman–Crippen MR) is 71.1 cm³/mol. The lowest BCUT2D eigenvalue weighted by Crippen LogP contribution is -2.06. The molecule has 0 saturated carbocycles. The van der Waals surface area contributed by atoms with Gasteiger partial charge in [0.05, 0.1) is 22.9 Å². The Morgan fingerprint density at radius 1 is 1.61 bits per heavy atom. The summed E-state index contributed by atoms with van der Waals surface area (Å²) in [5.41, 5.74) is 6.53. The van der Waals surface area contributed by atoms with Crippen molar-refractivity contribution in [2.24, 2.45) is 0 Å². The number of hydrogen-bond acceptors (Lipinski definition) is 6. The fourth-order valence-electron chi connectivity index (χ4n) is 1.51. The van der Waals surface area contributed by atoms with Crippen LogP contribution in [0.1, 0.15) is 10.4 Å². The van der Waals surface area contributed by atoms with Gasteiger partial charge in [0.2, 0.25) is 0 Å². The second-order valence-corrected chi connectivity index (χ2v) is 4.52. The SMILES string of the molecule is C=CCOC(=O)c1cc(OC)cc2sc(N)nc12. The Morgan fingerprint density at radius 3 is 3.06 bits per heavy atom. The minimum Gasteiger partial charge on any atom is -0.497 e. The van der Waals surface area contributed by atoms with Crippen LogP contribution >= 0.6 is 11.3 Å². The van der Waals surface area contributed by atoms with Crippen LogP contribution in [0, 0.1) is 0 Å². The van der Waals surface area contributed by atoms with Crippen LogP contribution in [0.25, 0.3) is 10.2 Å². The van der Waals surface area contributed by atoms with Gasteiger partial charge in [-0.2, -0.15) is 0 Å². The molecule has 0 bridgehead atoms. The zero-order valence-electron chi connectivity index (χ0n) is 9.80. The summed E-state index contributed by atoms with van der Waals surface area (Å²) in [6.07, 6.45) is 1.50. The van der Waals surface area contributed by atoms with E-state index in [0.29, 0.717) is 22.0 Å². The van der Waals surface area contributed by atoms with Crippen LogP contribution in [0.2, 0.25) is 0 Å². The molecule has 94 valence electrons. The molecule has 0 aliphatic heterocycles. The molecule has 2 N–H and O–H groups in total. The highest BCUT2D eigenvalue weighted by Crippen LogP contribution is 2.31. The molecule has 0 saturated heterocycles. The first kappa shape index (κ1) is 12.4. The van der Waals surface area contributed by atoms with E-state index in [-0.39, 0.29) is 6.61 Å². The number of esters is 1. The Morgan fingerprint density at radius 2 is 2.39 bits per heavy atom. The first-order chi connectivity index (χ1) is 8.65. The highest BCUT2D eigenvalue weighted by atomic mass is 32.1. The molecule has 2 aromatic rings. The lowest BCUT2D eigenvalue weighted by molar-refractivity contribution is 0.0551. The first-order valence-corrected chi connectivity index (χ1v) is 5.99. The molecule has 6 heteroatoms. The number of thiazole rings is 1. The summed E-state index contributed by atoms with van der Waals surface area (Å²) in [5.74, 6) is 0.0980. The Labute approximate surface area is 108 Å². The van der Waals surface area contributed by atoms with Crippen molar-refractivity contribution in [3.05, 3.63) is 30.4 Å². The van der Waals surface area contributed by atoms with E-state index in [1.54, 1.807) is 12.1 Å². The number of nitrogen functional groups attached to an aromatic ring is 1. The summed E-state index contributed by atoms with van der Waals surface area (Å²) in [5, 5.41) is 0.399. The van der Waals surface area contributed by atoms with Crippen LogP contribution in [0.4, 0.5) is 5.13 Å². The molecule has 0 fully saturated rings. The van der Waals surface area contributed by atoms with Gasteiger partial charge >= 0.3 is 5.97 Å². The van der Waals surface area contributed by atoms with E-state index in [9.17, 15) is 4.79 Å². The van der Waals surface area contributed by atoms with Gasteiger partial charge < -0.3 is 15.2 Å². The summed E-state index contributed by atoms with van der Waals surface area (Å²) in [4.78, 5) is 16.0. The summed E-state index contributed by atoms with van der Waals surface area (Å²) < 4.78 is 10.9. The number of nitrogens with zero attached hydrogens (tertiary/aromatic N) is 1. The number of carbonyl (C=O) groups is 1. The minimum atomic E-state index is -0.468. The second kappa shape index (κ2) is 5.05. The number of rotatable bonds is 4. The topological polar surface area (TPSA) is 74.4 Å². The molecule has 0 radical (unpaired) electrons. The maximum Gasteiger partial charge on any atom is 0.340 e. The third-order valence-corrected chi connectivity index (χ3v) is 3.10. The van der Waals surface area contributed by atoms with E-state index in [2.05, 4.69) is 11.6 Å². The number of benzene rings is 1. The monoisotopic (exact) mass is 264 g/mol. The van der Waals surface area contributed by atoms with Gasteiger partial charge in [-0.15, -0.1) is 0 Å². The highest BCUT2D eigenvalue weighted by molar-refractivity contribution is 7.22. The van der Waals surface area contributed by atoms with Crippen LogP contribution < -0.4 is 10.5 Å². The average Bonchev–Trinajstić information content (AvgIpc) is 2.74. The third kappa shape index (κ3) is 2.28. The third-order valence-electron chi connectivity index (χ3n) is 2.27. The molecule has 2 rings (SSSR count). The molecule has 18 heavy (non-hydrogen) atoms. The predicted octanol–water partition coefficient (Wildman–Crippen LogP) is 2.23. The quantitative estimate of drug-likeness (QED) is 0.677. The normalized spacial score (nSPS) is 10.3. The van der Waals surface area contributed by atoms with Crippen LogP contribution in [-0.2, 0) is 4.74 Å². The maximum absolute atomic E-state index is 11.9. The molecule has 1 aromatic heterocycles. The van der Waals surface area contributed by atoms with Crippen LogP contribution in [0.5, 0.6) is 5.75 Å². The van der Waals surface area contributed by atoms with E-state index in [4.69, 9.17) is 15.2 Å².